The number of rotatable bonds is 3. The summed E-state index contributed by atoms with van der Waals surface area (Å²) < 4.78 is 35.9. The molecule has 4 rings (SSSR count). The van der Waals surface area contributed by atoms with E-state index in [2.05, 4.69) is 23.6 Å². The molecule has 3 aromatic rings. The molecule has 1 fully saturated rings. The van der Waals surface area contributed by atoms with E-state index in [1.165, 1.54) is 18.5 Å². The monoisotopic (exact) mass is 389 g/mol. The molecular formula is C19H23N3O4S. The first-order chi connectivity index (χ1) is 12.8. The number of aryl methyl sites for hydroxylation is 1. The van der Waals surface area contributed by atoms with Crippen LogP contribution in [0.5, 0.6) is 0 Å². The Hall–Kier alpha value is -2.19. The third kappa shape index (κ3) is 3.06. The highest BCUT2D eigenvalue weighted by Gasteiger charge is 2.31. The molecule has 0 aliphatic heterocycles. The molecule has 1 saturated carbocycles. The molecule has 27 heavy (non-hydrogen) atoms. The number of imidazole rings is 1. The van der Waals surface area contributed by atoms with Crippen LogP contribution >= 0.6 is 0 Å². The Balaban J connectivity index is 1.79. The highest BCUT2D eigenvalue weighted by atomic mass is 32.2. The van der Waals surface area contributed by atoms with Gasteiger partial charge in [-0.1, -0.05) is 26.7 Å². The minimum Gasteiger partial charge on any atom is -0.421 e. The quantitative estimate of drug-likeness (QED) is 0.695. The van der Waals surface area contributed by atoms with Crippen LogP contribution < -0.4 is 10.3 Å². The summed E-state index contributed by atoms with van der Waals surface area (Å²) in [6.45, 7) is 4.27. The van der Waals surface area contributed by atoms with Crippen LogP contribution in [0.15, 0.2) is 38.6 Å². The van der Waals surface area contributed by atoms with Crippen LogP contribution in [0, 0.1) is 11.8 Å². The topological polar surface area (TPSA) is 94.2 Å². The van der Waals surface area contributed by atoms with Crippen molar-refractivity contribution >= 4 is 32.0 Å². The zero-order chi connectivity index (χ0) is 19.3. The van der Waals surface area contributed by atoms with Crippen molar-refractivity contribution in [1.82, 2.24) is 14.3 Å². The van der Waals surface area contributed by atoms with Gasteiger partial charge in [-0.15, -0.1) is 0 Å². The SMILES string of the molecule is C[C@@H]1[C@H](C)CCC[C@H]1NS(=O)(=O)c1ccc2oc(=O)c3ncn(C)c3c2c1. The van der Waals surface area contributed by atoms with Gasteiger partial charge in [-0.3, -0.25) is 0 Å². The number of hydrogen-bond donors (Lipinski definition) is 1. The number of sulfonamides is 1. The van der Waals surface area contributed by atoms with E-state index in [1.807, 2.05) is 0 Å². The fourth-order valence-corrected chi connectivity index (χ4v) is 5.40. The van der Waals surface area contributed by atoms with Crippen molar-refractivity contribution in [3.8, 4) is 0 Å². The average molecular weight is 389 g/mol. The number of benzene rings is 1. The molecule has 8 heteroatoms. The lowest BCUT2D eigenvalue weighted by Gasteiger charge is -2.34. The smallest absolute Gasteiger partial charge is 0.364 e. The normalized spacial score (nSPS) is 23.9. The fourth-order valence-electron chi connectivity index (χ4n) is 4.01. The third-order valence-electron chi connectivity index (χ3n) is 5.86. The Bertz CT molecular complexity index is 1180. The second-order valence-corrected chi connectivity index (χ2v) is 9.31. The summed E-state index contributed by atoms with van der Waals surface area (Å²) >= 11 is 0. The predicted octanol–water partition coefficient (Wildman–Crippen LogP) is 2.78. The van der Waals surface area contributed by atoms with Gasteiger partial charge >= 0.3 is 5.63 Å². The van der Waals surface area contributed by atoms with Crippen LogP contribution in [0.4, 0.5) is 0 Å². The summed E-state index contributed by atoms with van der Waals surface area (Å²) in [7, 11) is -1.92. The number of fused-ring (bicyclic) bond motifs is 3. The maximum Gasteiger partial charge on any atom is 0.364 e. The van der Waals surface area contributed by atoms with Crippen LogP contribution in [-0.2, 0) is 17.1 Å². The molecule has 1 aliphatic carbocycles. The summed E-state index contributed by atoms with van der Waals surface area (Å²) in [6, 6.07) is 4.50. The molecule has 1 aliphatic rings. The second-order valence-electron chi connectivity index (χ2n) is 7.60. The predicted molar refractivity (Wildman–Crippen MR) is 103 cm³/mol. The highest BCUT2D eigenvalue weighted by molar-refractivity contribution is 7.89. The van der Waals surface area contributed by atoms with E-state index in [9.17, 15) is 13.2 Å². The largest absolute Gasteiger partial charge is 0.421 e. The molecule has 7 nitrogen and oxygen atoms in total. The zero-order valence-electron chi connectivity index (χ0n) is 15.6. The van der Waals surface area contributed by atoms with Crippen molar-refractivity contribution in [2.24, 2.45) is 18.9 Å². The Morgan fingerprint density at radius 3 is 2.81 bits per heavy atom. The van der Waals surface area contributed by atoms with Crippen molar-refractivity contribution in [3.05, 3.63) is 34.9 Å². The Morgan fingerprint density at radius 2 is 2.04 bits per heavy atom. The molecule has 3 atom stereocenters. The summed E-state index contributed by atoms with van der Waals surface area (Å²) in [5.41, 5.74) is 0.576. The van der Waals surface area contributed by atoms with Crippen molar-refractivity contribution in [2.45, 2.75) is 44.0 Å². The van der Waals surface area contributed by atoms with Gasteiger partial charge in [0.25, 0.3) is 0 Å². The van der Waals surface area contributed by atoms with Gasteiger partial charge in [0.05, 0.1) is 16.7 Å². The first-order valence-electron chi connectivity index (χ1n) is 9.18. The Kier molecular flexibility index (Phi) is 4.35. The molecular weight excluding hydrogens is 366 g/mol. The van der Waals surface area contributed by atoms with Crippen molar-refractivity contribution in [1.29, 1.82) is 0 Å². The fraction of sp³-hybridized carbons (Fsp3) is 0.474. The van der Waals surface area contributed by atoms with Gasteiger partial charge in [0.1, 0.15) is 5.58 Å². The number of hydrogen-bond acceptors (Lipinski definition) is 5. The van der Waals surface area contributed by atoms with Crippen molar-refractivity contribution in [3.63, 3.8) is 0 Å². The first kappa shape index (κ1) is 18.2. The number of nitrogens with zero attached hydrogens (tertiary/aromatic N) is 2. The minimum atomic E-state index is -3.68. The summed E-state index contributed by atoms with van der Waals surface area (Å²) in [4.78, 5) is 16.3. The first-order valence-corrected chi connectivity index (χ1v) is 10.7. The molecule has 1 N–H and O–H groups in total. The van der Waals surface area contributed by atoms with Gasteiger partial charge in [-0.2, -0.15) is 0 Å². The van der Waals surface area contributed by atoms with Crippen LogP contribution in [-0.4, -0.2) is 24.0 Å². The van der Waals surface area contributed by atoms with E-state index in [0.717, 1.165) is 19.3 Å². The van der Waals surface area contributed by atoms with Gasteiger partial charge in [0, 0.05) is 18.5 Å². The van der Waals surface area contributed by atoms with Gasteiger partial charge < -0.3 is 8.98 Å². The standard InChI is InChI=1S/C19H23N3O4S/c1-11-5-4-6-15(12(11)2)21-27(24,25)13-7-8-16-14(9-13)18-17(19(23)26-16)20-10-22(18)3/h7-12,15,21H,4-6H2,1-3H3/t11-,12-,15-/m1/s1. The Labute approximate surface area is 157 Å². The molecule has 0 radical (unpaired) electrons. The molecule has 144 valence electrons. The van der Waals surface area contributed by atoms with E-state index < -0.39 is 15.6 Å². The molecule has 0 amide bonds. The lowest BCUT2D eigenvalue weighted by atomic mass is 9.78. The number of nitrogens with one attached hydrogen (secondary N) is 1. The van der Waals surface area contributed by atoms with E-state index >= 15 is 0 Å². The Morgan fingerprint density at radius 1 is 1.26 bits per heavy atom. The van der Waals surface area contributed by atoms with Crippen molar-refractivity contribution in [2.75, 3.05) is 0 Å². The minimum absolute atomic E-state index is 0.0696. The van der Waals surface area contributed by atoms with Crippen LogP contribution in [0.1, 0.15) is 33.1 Å². The summed E-state index contributed by atoms with van der Waals surface area (Å²) in [5, 5.41) is 0.553. The average Bonchev–Trinajstić information content (AvgIpc) is 3.01. The maximum atomic E-state index is 13.0. The molecule has 1 aromatic carbocycles. The lowest BCUT2D eigenvalue weighted by Crippen LogP contribution is -2.43. The van der Waals surface area contributed by atoms with Crippen LogP contribution in [0.2, 0.25) is 0 Å². The van der Waals surface area contributed by atoms with Gasteiger partial charge in [-0.05, 0) is 36.5 Å². The molecule has 0 bridgehead atoms. The van der Waals surface area contributed by atoms with Crippen LogP contribution in [0.3, 0.4) is 0 Å². The molecule has 2 heterocycles. The molecule has 0 spiro atoms. The summed E-state index contributed by atoms with van der Waals surface area (Å²) in [6.07, 6.45) is 4.52. The van der Waals surface area contributed by atoms with Gasteiger partial charge in [-0.25, -0.2) is 22.9 Å². The van der Waals surface area contributed by atoms with Crippen molar-refractivity contribution < 1.29 is 12.8 Å². The molecule has 2 aromatic heterocycles. The third-order valence-corrected chi connectivity index (χ3v) is 7.35. The van der Waals surface area contributed by atoms with E-state index in [4.69, 9.17) is 4.42 Å². The highest BCUT2D eigenvalue weighted by Crippen LogP contribution is 2.31. The van der Waals surface area contributed by atoms with Crippen LogP contribution in [0.25, 0.3) is 22.0 Å². The maximum absolute atomic E-state index is 13.0. The van der Waals surface area contributed by atoms with Gasteiger partial charge in [0.15, 0.2) is 5.52 Å². The molecule has 0 unspecified atom stereocenters. The molecule has 0 saturated heterocycles. The summed E-state index contributed by atoms with van der Waals surface area (Å²) in [5.74, 6) is 0.780. The van der Waals surface area contributed by atoms with Gasteiger partial charge in [0.2, 0.25) is 10.0 Å². The zero-order valence-corrected chi connectivity index (χ0v) is 16.4. The van der Waals surface area contributed by atoms with E-state index in [1.54, 1.807) is 17.7 Å². The lowest BCUT2D eigenvalue weighted by molar-refractivity contribution is 0.227. The number of aromatic nitrogens is 2. The van der Waals surface area contributed by atoms with E-state index in [0.29, 0.717) is 22.4 Å². The van der Waals surface area contributed by atoms with E-state index in [-0.39, 0.29) is 22.4 Å². The second kappa shape index (κ2) is 6.45.